The van der Waals surface area contributed by atoms with Crippen LogP contribution in [-0.4, -0.2) is 46.9 Å². The van der Waals surface area contributed by atoms with Crippen molar-refractivity contribution in [1.82, 2.24) is 5.32 Å². The Balaban J connectivity index is 4.68. The summed E-state index contributed by atoms with van der Waals surface area (Å²) in [7, 11) is 0. The molecule has 0 fully saturated rings. The first-order chi connectivity index (χ1) is 29.5. The van der Waals surface area contributed by atoms with Crippen LogP contribution in [0, 0.1) is 0 Å². The average Bonchev–Trinajstić information content (AvgIpc) is 3.24. The van der Waals surface area contributed by atoms with E-state index < -0.39 is 18.2 Å². The lowest BCUT2D eigenvalue weighted by Crippen LogP contribution is -2.46. The van der Waals surface area contributed by atoms with E-state index in [1.807, 2.05) is 0 Å². The van der Waals surface area contributed by atoms with Gasteiger partial charge in [0.05, 0.1) is 25.2 Å². The number of rotatable bonds is 45. The summed E-state index contributed by atoms with van der Waals surface area (Å²) in [5.41, 5.74) is 0. The molecule has 0 bridgehead atoms. The molecule has 0 rings (SSSR count). The van der Waals surface area contributed by atoms with E-state index in [1.165, 1.54) is 109 Å². The zero-order valence-corrected chi connectivity index (χ0v) is 39.6. The summed E-state index contributed by atoms with van der Waals surface area (Å²) >= 11 is 0. The maximum absolute atomic E-state index is 13.2. The second kappa shape index (κ2) is 47.6. The average molecular weight is 840 g/mol. The van der Waals surface area contributed by atoms with E-state index >= 15 is 0 Å². The Morgan fingerprint density at radius 2 is 0.967 bits per heavy atom. The molecule has 6 nitrogen and oxygen atoms in total. The molecule has 0 saturated heterocycles. The van der Waals surface area contributed by atoms with E-state index in [1.54, 1.807) is 0 Å². The minimum absolute atomic E-state index is 0.0506. The fourth-order valence-electron chi connectivity index (χ4n) is 7.53. The molecule has 6 heteroatoms. The Kier molecular flexibility index (Phi) is 45.7. The van der Waals surface area contributed by atoms with Gasteiger partial charge in [0.1, 0.15) is 6.10 Å². The van der Waals surface area contributed by atoms with Crippen LogP contribution in [0.15, 0.2) is 60.8 Å². The summed E-state index contributed by atoms with van der Waals surface area (Å²) in [6, 6.07) is -0.715. The molecule has 3 N–H and O–H groups in total. The van der Waals surface area contributed by atoms with Gasteiger partial charge in [0.15, 0.2) is 0 Å². The van der Waals surface area contributed by atoms with E-state index in [4.69, 9.17) is 4.74 Å². The van der Waals surface area contributed by atoms with Gasteiger partial charge in [0.2, 0.25) is 5.91 Å². The summed E-state index contributed by atoms with van der Waals surface area (Å²) in [5, 5.41) is 23.7. The largest absolute Gasteiger partial charge is 0.462 e. The predicted molar refractivity (Wildman–Crippen MR) is 259 cm³/mol. The maximum Gasteiger partial charge on any atom is 0.306 e. The highest BCUT2D eigenvalue weighted by Crippen LogP contribution is 2.17. The second-order valence-corrected chi connectivity index (χ2v) is 17.2. The van der Waals surface area contributed by atoms with Crippen molar-refractivity contribution in [2.24, 2.45) is 0 Å². The molecule has 3 unspecified atom stereocenters. The van der Waals surface area contributed by atoms with Gasteiger partial charge in [-0.1, -0.05) is 216 Å². The highest BCUT2D eigenvalue weighted by molar-refractivity contribution is 5.77. The van der Waals surface area contributed by atoms with Crippen LogP contribution in [0.25, 0.3) is 0 Å². The number of esters is 1. The van der Waals surface area contributed by atoms with E-state index in [2.05, 4.69) is 86.8 Å². The minimum atomic E-state index is -0.799. The first-order valence-electron chi connectivity index (χ1n) is 25.5. The quantitative estimate of drug-likeness (QED) is 0.0246. The first-order valence-corrected chi connectivity index (χ1v) is 25.5. The van der Waals surface area contributed by atoms with Gasteiger partial charge in [-0.05, 0) is 77.0 Å². The highest BCUT2D eigenvalue weighted by Gasteiger charge is 2.24. The molecule has 0 aromatic heterocycles. The zero-order chi connectivity index (χ0) is 43.8. The molecule has 0 aliphatic heterocycles. The topological polar surface area (TPSA) is 95.9 Å². The number of carbonyl (C=O) groups is 2. The molecule has 0 heterocycles. The summed E-state index contributed by atoms with van der Waals surface area (Å²) in [6.45, 7) is 6.34. The lowest BCUT2D eigenvalue weighted by molar-refractivity contribution is -0.151. The summed E-state index contributed by atoms with van der Waals surface area (Å²) < 4.78 is 5.91. The van der Waals surface area contributed by atoms with E-state index in [9.17, 15) is 19.8 Å². The zero-order valence-electron chi connectivity index (χ0n) is 39.6. The smallest absolute Gasteiger partial charge is 0.306 e. The Morgan fingerprint density at radius 1 is 0.517 bits per heavy atom. The molecule has 0 spiro atoms. The van der Waals surface area contributed by atoms with Crippen molar-refractivity contribution >= 4 is 11.9 Å². The van der Waals surface area contributed by atoms with Crippen LogP contribution < -0.4 is 5.32 Å². The molecule has 0 aromatic carbocycles. The first kappa shape index (κ1) is 57.6. The van der Waals surface area contributed by atoms with Crippen LogP contribution >= 0.6 is 0 Å². The van der Waals surface area contributed by atoms with Crippen molar-refractivity contribution in [2.45, 2.75) is 264 Å². The summed E-state index contributed by atoms with van der Waals surface area (Å²) in [5.74, 6) is -0.516. The highest BCUT2D eigenvalue weighted by atomic mass is 16.5. The summed E-state index contributed by atoms with van der Waals surface area (Å²) in [6.07, 6.45) is 58.5. The van der Waals surface area contributed by atoms with E-state index in [0.29, 0.717) is 19.3 Å². The third-order valence-electron chi connectivity index (χ3n) is 11.4. The fourth-order valence-corrected chi connectivity index (χ4v) is 7.53. The molecule has 3 atom stereocenters. The number of unbranched alkanes of at least 4 members (excludes halogenated alkanes) is 25. The third-order valence-corrected chi connectivity index (χ3v) is 11.4. The number of carbonyl (C=O) groups excluding carboxylic acids is 2. The second-order valence-electron chi connectivity index (χ2n) is 17.2. The molecule has 0 saturated carbocycles. The van der Waals surface area contributed by atoms with Crippen molar-refractivity contribution in [1.29, 1.82) is 0 Å². The minimum Gasteiger partial charge on any atom is -0.462 e. The van der Waals surface area contributed by atoms with Crippen LogP contribution in [0.3, 0.4) is 0 Å². The lowest BCUT2D eigenvalue weighted by Gasteiger charge is -2.24. The fraction of sp³-hybridized carbons (Fsp3) is 0.778. The number of hydrogen-bond donors (Lipinski definition) is 3. The van der Waals surface area contributed by atoms with Crippen LogP contribution in [0.5, 0.6) is 0 Å². The standard InChI is InChI=1S/C54H97NO5/c1-4-7-10-13-16-19-22-24-26-27-28-31-33-36-39-42-45-50(60-54(59)47-44-41-38-35-32-29-25-23-20-17-14-11-8-5-2)48-53(58)55-51(49-56)52(57)46-43-40-37-34-30-21-18-15-12-9-6-3/h8,11,17,20,22,24,26-28,31,50-52,56-57H,4-7,9-10,12-16,18-19,21,23,25,29-30,32-49H2,1-3H3,(H,55,58)/b11-8+,20-17+,24-22+,27-26+,31-28+. The van der Waals surface area contributed by atoms with Crippen LogP contribution in [0.4, 0.5) is 0 Å². The number of amides is 1. The summed E-state index contributed by atoms with van der Waals surface area (Å²) in [4.78, 5) is 26.1. The Labute approximate surface area is 371 Å². The maximum atomic E-state index is 13.2. The van der Waals surface area contributed by atoms with Gasteiger partial charge in [-0.15, -0.1) is 0 Å². The number of aliphatic hydroxyl groups is 2. The Hall–Kier alpha value is -2.44. The van der Waals surface area contributed by atoms with Crippen molar-refractivity contribution in [2.75, 3.05) is 6.61 Å². The number of nitrogens with one attached hydrogen (secondary N) is 1. The number of hydrogen-bond acceptors (Lipinski definition) is 5. The number of aliphatic hydroxyl groups excluding tert-OH is 2. The van der Waals surface area contributed by atoms with Gasteiger partial charge in [-0.3, -0.25) is 9.59 Å². The van der Waals surface area contributed by atoms with Crippen LogP contribution in [0.2, 0.25) is 0 Å². The van der Waals surface area contributed by atoms with Gasteiger partial charge < -0.3 is 20.3 Å². The van der Waals surface area contributed by atoms with E-state index in [-0.39, 0.29) is 24.9 Å². The Bertz CT molecular complexity index is 1080. The molecular weight excluding hydrogens is 743 g/mol. The molecule has 0 aliphatic carbocycles. The predicted octanol–water partition coefficient (Wildman–Crippen LogP) is 15.2. The molecule has 0 aliphatic rings. The number of allylic oxidation sites excluding steroid dienone is 10. The van der Waals surface area contributed by atoms with Crippen LogP contribution in [0.1, 0.15) is 245 Å². The van der Waals surface area contributed by atoms with Gasteiger partial charge >= 0.3 is 5.97 Å². The lowest BCUT2D eigenvalue weighted by atomic mass is 10.0. The van der Waals surface area contributed by atoms with Crippen molar-refractivity contribution < 1.29 is 24.5 Å². The molecule has 0 aromatic rings. The van der Waals surface area contributed by atoms with Crippen molar-refractivity contribution in [3.05, 3.63) is 60.8 Å². The van der Waals surface area contributed by atoms with Gasteiger partial charge in [-0.2, -0.15) is 0 Å². The van der Waals surface area contributed by atoms with Gasteiger partial charge in [-0.25, -0.2) is 0 Å². The Morgan fingerprint density at radius 3 is 1.50 bits per heavy atom. The monoisotopic (exact) mass is 840 g/mol. The molecule has 348 valence electrons. The normalized spacial score (nSPS) is 13.8. The van der Waals surface area contributed by atoms with Gasteiger partial charge in [0.25, 0.3) is 0 Å². The number of ether oxygens (including phenoxy) is 1. The SMILES string of the molecule is CC/C=C/C/C=C/CCCCCCCCCC(=O)OC(CCCCC/C=C/C=C/C=C/CCCCCCC)CC(=O)NC(CO)C(O)CCCCCCCCCCCCC. The molecule has 0 radical (unpaired) electrons. The van der Waals surface area contributed by atoms with E-state index in [0.717, 1.165) is 89.9 Å². The molecule has 60 heavy (non-hydrogen) atoms. The van der Waals surface area contributed by atoms with Crippen LogP contribution in [-0.2, 0) is 14.3 Å². The third kappa shape index (κ3) is 42.3. The molecule has 1 amide bonds. The van der Waals surface area contributed by atoms with Gasteiger partial charge in [0, 0.05) is 6.42 Å². The van der Waals surface area contributed by atoms with Crippen molar-refractivity contribution in [3.63, 3.8) is 0 Å². The molecular formula is C54H97NO5. The van der Waals surface area contributed by atoms with Crippen molar-refractivity contribution in [3.8, 4) is 0 Å².